The van der Waals surface area contributed by atoms with Gasteiger partial charge in [0.2, 0.25) is 0 Å². The monoisotopic (exact) mass is 388 g/mol. The van der Waals surface area contributed by atoms with E-state index in [0.29, 0.717) is 12.1 Å². The normalized spacial score (nSPS) is 10.5. The van der Waals surface area contributed by atoms with Gasteiger partial charge in [0.25, 0.3) is 0 Å². The first kappa shape index (κ1) is 20.0. The van der Waals surface area contributed by atoms with Crippen LogP contribution in [-0.2, 0) is 16.0 Å². The van der Waals surface area contributed by atoms with Gasteiger partial charge in [0.1, 0.15) is 11.8 Å². The lowest BCUT2D eigenvalue weighted by Crippen LogP contribution is -2.11. The van der Waals surface area contributed by atoms with Crippen LogP contribution in [-0.4, -0.2) is 28.4 Å². The number of carbonyl (C=O) groups is 2. The number of nitrogens with zero attached hydrogens (tertiary/aromatic N) is 2. The number of esters is 1. The summed E-state index contributed by atoms with van der Waals surface area (Å²) in [6.07, 6.45) is 0.139. The van der Waals surface area contributed by atoms with Crippen LogP contribution in [0.15, 0.2) is 48.5 Å². The molecule has 0 saturated heterocycles. The van der Waals surface area contributed by atoms with Gasteiger partial charge >= 0.3 is 5.97 Å². The van der Waals surface area contributed by atoms with Gasteiger partial charge in [-0.25, -0.2) is 4.98 Å². The van der Waals surface area contributed by atoms with Crippen molar-refractivity contribution in [2.24, 2.45) is 0 Å². The maximum absolute atomic E-state index is 12.5. The van der Waals surface area contributed by atoms with E-state index in [1.807, 2.05) is 48.5 Å². The molecule has 1 aromatic heterocycles. The van der Waals surface area contributed by atoms with Crippen molar-refractivity contribution < 1.29 is 19.4 Å². The molecule has 0 saturated carbocycles. The topological polar surface area (TPSA) is 100 Å². The number of ether oxygens (including phenoxy) is 1. The summed E-state index contributed by atoms with van der Waals surface area (Å²) in [5.41, 5.74) is 1.28. The van der Waals surface area contributed by atoms with Crippen molar-refractivity contribution in [3.05, 3.63) is 71.0 Å². The van der Waals surface area contributed by atoms with Crippen molar-refractivity contribution in [2.45, 2.75) is 26.2 Å². The van der Waals surface area contributed by atoms with Gasteiger partial charge in [-0.3, -0.25) is 9.59 Å². The van der Waals surface area contributed by atoms with Gasteiger partial charge in [0.15, 0.2) is 11.5 Å². The Kier molecular flexibility index (Phi) is 6.20. The first-order valence-electron chi connectivity index (χ1n) is 9.32. The largest absolute Gasteiger partial charge is 0.504 e. The molecule has 146 valence electrons. The zero-order chi connectivity index (χ0) is 20.8. The molecule has 0 unspecified atom stereocenters. The molecule has 3 rings (SSSR count). The van der Waals surface area contributed by atoms with Crippen molar-refractivity contribution in [2.75, 3.05) is 6.61 Å². The highest BCUT2D eigenvalue weighted by Gasteiger charge is 2.20. The Hall–Kier alpha value is -3.72. The molecule has 6 heteroatoms. The summed E-state index contributed by atoms with van der Waals surface area (Å²) in [6, 6.07) is 17.2. The van der Waals surface area contributed by atoms with Crippen LogP contribution >= 0.6 is 0 Å². The van der Waals surface area contributed by atoms with Crippen molar-refractivity contribution >= 4 is 22.5 Å². The number of ketones is 1. The number of aromatic nitrogens is 1. The number of benzene rings is 2. The lowest BCUT2D eigenvalue weighted by molar-refractivity contribution is -0.143. The van der Waals surface area contributed by atoms with Crippen LogP contribution in [0.3, 0.4) is 0 Å². The number of rotatable bonds is 7. The molecule has 0 spiro atoms. The molecule has 3 aromatic rings. The van der Waals surface area contributed by atoms with E-state index in [-0.39, 0.29) is 30.7 Å². The van der Waals surface area contributed by atoms with Gasteiger partial charge in [-0.1, -0.05) is 42.5 Å². The molecule has 0 bridgehead atoms. The van der Waals surface area contributed by atoms with E-state index in [0.717, 1.165) is 16.3 Å². The molecule has 0 aliphatic heterocycles. The zero-order valence-electron chi connectivity index (χ0n) is 16.0. The molecule has 0 amide bonds. The maximum Gasteiger partial charge on any atom is 0.306 e. The average Bonchev–Trinajstić information content (AvgIpc) is 2.73. The fraction of sp³-hybridized carbons (Fsp3) is 0.217. The molecule has 6 nitrogen and oxygen atoms in total. The number of hydrogen-bond acceptors (Lipinski definition) is 6. The quantitative estimate of drug-likeness (QED) is 0.486. The van der Waals surface area contributed by atoms with Gasteiger partial charge < -0.3 is 9.84 Å². The third-order valence-corrected chi connectivity index (χ3v) is 4.54. The second kappa shape index (κ2) is 8.98. The highest BCUT2D eigenvalue weighted by Crippen LogP contribution is 2.26. The van der Waals surface area contributed by atoms with E-state index in [2.05, 4.69) is 4.98 Å². The summed E-state index contributed by atoms with van der Waals surface area (Å²) < 4.78 is 4.82. The number of pyridine rings is 1. The summed E-state index contributed by atoms with van der Waals surface area (Å²) in [5.74, 6) is -1.46. The van der Waals surface area contributed by atoms with E-state index in [1.165, 1.54) is 6.07 Å². The lowest BCUT2D eigenvalue weighted by Gasteiger charge is -2.10. The van der Waals surface area contributed by atoms with Crippen LogP contribution in [0.25, 0.3) is 10.8 Å². The Labute approximate surface area is 168 Å². The van der Waals surface area contributed by atoms with Gasteiger partial charge in [-0.2, -0.15) is 5.26 Å². The number of carbonyl (C=O) groups excluding carboxylic acids is 2. The predicted molar refractivity (Wildman–Crippen MR) is 108 cm³/mol. The number of hydrogen-bond donors (Lipinski definition) is 1. The van der Waals surface area contributed by atoms with Crippen molar-refractivity contribution in [1.29, 1.82) is 5.26 Å². The Bertz CT molecular complexity index is 1110. The van der Waals surface area contributed by atoms with Crippen LogP contribution < -0.4 is 0 Å². The molecule has 1 N–H and O–H groups in total. The smallest absolute Gasteiger partial charge is 0.306 e. The minimum Gasteiger partial charge on any atom is -0.504 e. The first-order chi connectivity index (χ1) is 14.0. The summed E-state index contributed by atoms with van der Waals surface area (Å²) in [5, 5.41) is 21.8. The fourth-order valence-corrected chi connectivity index (χ4v) is 3.17. The second-order valence-electron chi connectivity index (χ2n) is 6.51. The molecule has 0 aliphatic carbocycles. The van der Waals surface area contributed by atoms with Crippen LogP contribution in [0, 0.1) is 11.3 Å². The third kappa shape index (κ3) is 4.58. The molecule has 0 radical (unpaired) electrons. The van der Waals surface area contributed by atoms with Crippen LogP contribution in [0.5, 0.6) is 5.75 Å². The average molecular weight is 388 g/mol. The van der Waals surface area contributed by atoms with Crippen LogP contribution in [0.2, 0.25) is 0 Å². The Balaban J connectivity index is 1.92. The van der Waals surface area contributed by atoms with Crippen LogP contribution in [0.1, 0.15) is 47.1 Å². The Morgan fingerprint density at radius 2 is 1.90 bits per heavy atom. The zero-order valence-corrected chi connectivity index (χ0v) is 16.0. The number of fused-ring (bicyclic) bond motifs is 1. The summed E-state index contributed by atoms with van der Waals surface area (Å²) in [7, 11) is 0. The van der Waals surface area contributed by atoms with Gasteiger partial charge in [-0.05, 0) is 29.3 Å². The second-order valence-corrected chi connectivity index (χ2v) is 6.51. The molecule has 2 aromatic carbocycles. The molecule has 0 fully saturated rings. The predicted octanol–water partition coefficient (Wildman–Crippen LogP) is 3.93. The molecule has 0 atom stereocenters. The highest BCUT2D eigenvalue weighted by atomic mass is 16.5. The Morgan fingerprint density at radius 3 is 2.66 bits per heavy atom. The minimum absolute atomic E-state index is 0.0188. The molecular weight excluding hydrogens is 368 g/mol. The molecule has 1 heterocycles. The number of nitriles is 1. The Morgan fingerprint density at radius 1 is 1.14 bits per heavy atom. The molecule has 0 aliphatic rings. The minimum atomic E-state index is -0.508. The SMILES string of the molecule is CCOC(=O)CCC(=O)c1nc(Cc2cccc3ccccc23)cc(C#N)c1O. The van der Waals surface area contributed by atoms with Gasteiger partial charge in [-0.15, -0.1) is 0 Å². The van der Waals surface area contributed by atoms with Gasteiger partial charge in [0, 0.05) is 18.5 Å². The first-order valence-corrected chi connectivity index (χ1v) is 9.32. The lowest BCUT2D eigenvalue weighted by atomic mass is 9.99. The van der Waals surface area contributed by atoms with Gasteiger partial charge in [0.05, 0.1) is 18.6 Å². The van der Waals surface area contributed by atoms with Crippen molar-refractivity contribution in [3.63, 3.8) is 0 Å². The summed E-state index contributed by atoms with van der Waals surface area (Å²) >= 11 is 0. The summed E-state index contributed by atoms with van der Waals surface area (Å²) in [4.78, 5) is 28.3. The molecule has 29 heavy (non-hydrogen) atoms. The van der Waals surface area contributed by atoms with E-state index >= 15 is 0 Å². The number of Topliss-reactive ketones (excluding diaryl/α,β-unsaturated/α-hetero) is 1. The van der Waals surface area contributed by atoms with Crippen molar-refractivity contribution in [3.8, 4) is 11.8 Å². The maximum atomic E-state index is 12.5. The van der Waals surface area contributed by atoms with E-state index < -0.39 is 17.5 Å². The molecular formula is C23H20N2O4. The third-order valence-electron chi connectivity index (χ3n) is 4.54. The fourth-order valence-electron chi connectivity index (χ4n) is 3.17. The van der Waals surface area contributed by atoms with Crippen LogP contribution in [0.4, 0.5) is 0 Å². The number of aromatic hydroxyl groups is 1. The van der Waals surface area contributed by atoms with E-state index in [4.69, 9.17) is 4.74 Å². The van der Waals surface area contributed by atoms with Crippen molar-refractivity contribution in [1.82, 2.24) is 4.98 Å². The van der Waals surface area contributed by atoms with E-state index in [1.54, 1.807) is 6.92 Å². The standard InChI is InChI=1S/C23H20N2O4/c1-2-29-21(27)11-10-20(26)22-23(28)17(14-24)13-18(25-22)12-16-8-5-7-15-6-3-4-9-19(15)16/h3-9,13,28H,2,10-12H2,1H3. The summed E-state index contributed by atoms with van der Waals surface area (Å²) in [6.45, 7) is 1.92. The van der Waals surface area contributed by atoms with E-state index in [9.17, 15) is 20.0 Å². The highest BCUT2D eigenvalue weighted by molar-refractivity contribution is 5.98.